The SMILES string of the molecule is Cc1ccc(NC(=O)c2ncccc2Br)cc1[N+](=O)[O-]. The van der Waals surface area contributed by atoms with E-state index in [1.54, 1.807) is 31.2 Å². The first-order chi connectivity index (χ1) is 9.49. The predicted octanol–water partition coefficient (Wildman–Crippen LogP) is 3.31. The first kappa shape index (κ1) is 14.1. The Hall–Kier alpha value is -2.28. The first-order valence-corrected chi connectivity index (χ1v) is 6.45. The van der Waals surface area contributed by atoms with Crippen molar-refractivity contribution in [2.45, 2.75) is 6.92 Å². The number of rotatable bonds is 3. The quantitative estimate of drug-likeness (QED) is 0.688. The van der Waals surface area contributed by atoms with Crippen LogP contribution >= 0.6 is 15.9 Å². The van der Waals surface area contributed by atoms with Crippen molar-refractivity contribution >= 4 is 33.2 Å². The summed E-state index contributed by atoms with van der Waals surface area (Å²) < 4.78 is 0.555. The van der Waals surface area contributed by atoms with E-state index in [4.69, 9.17) is 0 Å². The van der Waals surface area contributed by atoms with Gasteiger partial charge in [0.1, 0.15) is 5.69 Å². The highest BCUT2D eigenvalue weighted by Crippen LogP contribution is 2.23. The molecule has 6 nitrogen and oxygen atoms in total. The van der Waals surface area contributed by atoms with Gasteiger partial charge in [-0.05, 0) is 41.1 Å². The number of anilines is 1. The number of aryl methyl sites for hydroxylation is 1. The molecule has 0 fully saturated rings. The molecule has 1 amide bonds. The lowest BCUT2D eigenvalue weighted by atomic mass is 10.2. The van der Waals surface area contributed by atoms with Crippen molar-refractivity contribution < 1.29 is 9.72 Å². The number of nitro groups is 1. The number of carbonyl (C=O) groups is 1. The summed E-state index contributed by atoms with van der Waals surface area (Å²) in [6.07, 6.45) is 1.50. The molecule has 1 aromatic carbocycles. The van der Waals surface area contributed by atoms with Crippen LogP contribution in [0.15, 0.2) is 41.0 Å². The van der Waals surface area contributed by atoms with Crippen molar-refractivity contribution in [2.75, 3.05) is 5.32 Å². The van der Waals surface area contributed by atoms with E-state index in [9.17, 15) is 14.9 Å². The molecular weight excluding hydrogens is 326 g/mol. The number of hydrogen-bond donors (Lipinski definition) is 1. The van der Waals surface area contributed by atoms with Crippen LogP contribution < -0.4 is 5.32 Å². The summed E-state index contributed by atoms with van der Waals surface area (Å²) in [6, 6.07) is 7.90. The van der Waals surface area contributed by atoms with Gasteiger partial charge in [0.15, 0.2) is 0 Å². The molecule has 0 saturated carbocycles. The maximum absolute atomic E-state index is 12.0. The van der Waals surface area contributed by atoms with E-state index in [1.807, 2.05) is 0 Å². The summed E-state index contributed by atoms with van der Waals surface area (Å²) in [5.74, 6) is -0.435. The number of nitrogens with zero attached hydrogens (tertiary/aromatic N) is 2. The van der Waals surface area contributed by atoms with E-state index in [2.05, 4.69) is 26.2 Å². The van der Waals surface area contributed by atoms with Gasteiger partial charge in [0.2, 0.25) is 0 Å². The van der Waals surface area contributed by atoms with Gasteiger partial charge in [-0.1, -0.05) is 6.07 Å². The van der Waals surface area contributed by atoms with E-state index in [0.717, 1.165) is 0 Å². The molecule has 0 spiro atoms. The summed E-state index contributed by atoms with van der Waals surface area (Å²) in [7, 11) is 0. The third-order valence-electron chi connectivity index (χ3n) is 2.64. The number of carbonyl (C=O) groups excluding carboxylic acids is 1. The molecular formula is C13H10BrN3O3. The van der Waals surface area contributed by atoms with Gasteiger partial charge in [-0.3, -0.25) is 14.9 Å². The normalized spacial score (nSPS) is 10.1. The first-order valence-electron chi connectivity index (χ1n) is 5.66. The number of aromatic nitrogens is 1. The van der Waals surface area contributed by atoms with Crippen molar-refractivity contribution in [3.05, 3.63) is 62.4 Å². The van der Waals surface area contributed by atoms with Gasteiger partial charge in [-0.15, -0.1) is 0 Å². The second kappa shape index (κ2) is 5.79. The summed E-state index contributed by atoms with van der Waals surface area (Å²) in [5, 5.41) is 13.4. The fraction of sp³-hybridized carbons (Fsp3) is 0.0769. The number of amides is 1. The van der Waals surface area contributed by atoms with E-state index >= 15 is 0 Å². The van der Waals surface area contributed by atoms with Crippen molar-refractivity contribution in [2.24, 2.45) is 0 Å². The second-order valence-corrected chi connectivity index (χ2v) is 4.90. The zero-order chi connectivity index (χ0) is 14.7. The summed E-state index contributed by atoms with van der Waals surface area (Å²) in [6.45, 7) is 1.64. The Balaban J connectivity index is 2.27. The minimum atomic E-state index is -0.484. The van der Waals surface area contributed by atoms with E-state index in [0.29, 0.717) is 15.7 Å². The molecule has 0 radical (unpaired) electrons. The van der Waals surface area contributed by atoms with Gasteiger partial charge in [0, 0.05) is 28.0 Å². The largest absolute Gasteiger partial charge is 0.320 e. The Kier molecular flexibility index (Phi) is 4.09. The number of hydrogen-bond acceptors (Lipinski definition) is 4. The molecule has 0 bridgehead atoms. The molecule has 0 aliphatic rings. The molecule has 102 valence electrons. The van der Waals surface area contributed by atoms with Crippen LogP contribution in [0.5, 0.6) is 0 Å². The Labute approximate surface area is 123 Å². The van der Waals surface area contributed by atoms with Crippen LogP contribution in [0.1, 0.15) is 16.1 Å². The van der Waals surface area contributed by atoms with Gasteiger partial charge < -0.3 is 5.32 Å². The number of nitro benzene ring substituents is 1. The minimum Gasteiger partial charge on any atom is -0.320 e. The average molecular weight is 336 g/mol. The Morgan fingerprint density at radius 3 is 2.80 bits per heavy atom. The summed E-state index contributed by atoms with van der Waals surface area (Å²) in [5.41, 5.74) is 1.07. The maximum Gasteiger partial charge on any atom is 0.275 e. The molecule has 7 heteroatoms. The molecule has 20 heavy (non-hydrogen) atoms. The van der Waals surface area contributed by atoms with E-state index in [1.165, 1.54) is 12.3 Å². The third-order valence-corrected chi connectivity index (χ3v) is 3.28. The van der Waals surface area contributed by atoms with Gasteiger partial charge in [-0.25, -0.2) is 4.98 Å². The number of nitrogens with one attached hydrogen (secondary N) is 1. The van der Waals surface area contributed by atoms with Gasteiger partial charge >= 0.3 is 0 Å². The van der Waals surface area contributed by atoms with Crippen LogP contribution in [0.2, 0.25) is 0 Å². The van der Waals surface area contributed by atoms with Crippen molar-refractivity contribution in [1.82, 2.24) is 4.98 Å². The summed E-state index contributed by atoms with van der Waals surface area (Å²) in [4.78, 5) is 26.4. The third kappa shape index (κ3) is 3.00. The van der Waals surface area contributed by atoms with Crippen LogP contribution in [0.25, 0.3) is 0 Å². The maximum atomic E-state index is 12.0. The summed E-state index contributed by atoms with van der Waals surface area (Å²) >= 11 is 3.23. The van der Waals surface area contributed by atoms with Crippen LogP contribution in [0.3, 0.4) is 0 Å². The number of pyridine rings is 1. The fourth-order valence-electron chi connectivity index (χ4n) is 1.63. The highest BCUT2D eigenvalue weighted by atomic mass is 79.9. The zero-order valence-corrected chi connectivity index (χ0v) is 12.0. The molecule has 2 aromatic rings. The molecule has 1 N–H and O–H groups in total. The lowest BCUT2D eigenvalue weighted by molar-refractivity contribution is -0.385. The second-order valence-electron chi connectivity index (χ2n) is 4.05. The number of benzene rings is 1. The van der Waals surface area contributed by atoms with Crippen molar-refractivity contribution in [3.63, 3.8) is 0 Å². The van der Waals surface area contributed by atoms with Gasteiger partial charge in [0.05, 0.1) is 4.92 Å². The lowest BCUT2D eigenvalue weighted by Crippen LogP contribution is -2.14. The van der Waals surface area contributed by atoms with Crippen LogP contribution in [0.4, 0.5) is 11.4 Å². The van der Waals surface area contributed by atoms with Crippen LogP contribution in [-0.4, -0.2) is 15.8 Å². The standard InChI is InChI=1S/C13H10BrN3O3/c1-8-4-5-9(7-11(8)17(19)20)16-13(18)12-10(14)3-2-6-15-12/h2-7H,1H3,(H,16,18). The smallest absolute Gasteiger partial charge is 0.275 e. The predicted molar refractivity (Wildman–Crippen MR) is 77.7 cm³/mol. The van der Waals surface area contributed by atoms with E-state index in [-0.39, 0.29) is 11.4 Å². The Morgan fingerprint density at radius 2 is 2.15 bits per heavy atom. The highest BCUT2D eigenvalue weighted by Gasteiger charge is 2.15. The molecule has 2 rings (SSSR count). The molecule has 1 aromatic heterocycles. The molecule has 1 heterocycles. The van der Waals surface area contributed by atoms with Crippen molar-refractivity contribution in [1.29, 1.82) is 0 Å². The van der Waals surface area contributed by atoms with E-state index < -0.39 is 10.8 Å². The van der Waals surface area contributed by atoms with Crippen molar-refractivity contribution in [3.8, 4) is 0 Å². The molecule has 0 unspecified atom stereocenters. The van der Waals surface area contributed by atoms with Crippen LogP contribution in [-0.2, 0) is 0 Å². The number of halogens is 1. The molecule has 0 aliphatic heterocycles. The minimum absolute atomic E-state index is 0.0390. The van der Waals surface area contributed by atoms with Gasteiger partial charge in [-0.2, -0.15) is 0 Å². The average Bonchev–Trinajstić information content (AvgIpc) is 2.41. The Bertz CT molecular complexity index is 688. The molecule has 0 saturated heterocycles. The highest BCUT2D eigenvalue weighted by molar-refractivity contribution is 9.10. The van der Waals surface area contributed by atoms with Gasteiger partial charge in [0.25, 0.3) is 11.6 Å². The molecule has 0 aliphatic carbocycles. The monoisotopic (exact) mass is 335 g/mol. The molecule has 0 atom stereocenters. The Morgan fingerprint density at radius 1 is 1.40 bits per heavy atom. The lowest BCUT2D eigenvalue weighted by Gasteiger charge is -2.06. The zero-order valence-electron chi connectivity index (χ0n) is 10.5. The van der Waals surface area contributed by atoms with Crippen LogP contribution in [0, 0.1) is 17.0 Å². The fourth-order valence-corrected chi connectivity index (χ4v) is 2.06. The topological polar surface area (TPSA) is 85.1 Å².